The lowest BCUT2D eigenvalue weighted by atomic mass is 9.69. The largest absolute Gasteiger partial charge is 0.327 e. The van der Waals surface area contributed by atoms with Gasteiger partial charge in [0.2, 0.25) is 0 Å². The molecule has 2 rings (SSSR count). The third-order valence-electron chi connectivity index (χ3n) is 4.10. The van der Waals surface area contributed by atoms with Gasteiger partial charge in [-0.05, 0) is 24.2 Å². The minimum absolute atomic E-state index is 0.314. The summed E-state index contributed by atoms with van der Waals surface area (Å²) in [6, 6.07) is 1.88. The molecule has 1 saturated carbocycles. The molecule has 2 fully saturated rings. The Balaban J connectivity index is 2.03. The number of rotatable bonds is 2. The van der Waals surface area contributed by atoms with Crippen LogP contribution in [0.15, 0.2) is 0 Å². The topological polar surface area (TPSA) is 48.0 Å². The fraction of sp³-hybridized carbons (Fsp3) is 1.00. The van der Waals surface area contributed by atoms with Crippen LogP contribution in [0.3, 0.4) is 0 Å². The Bertz CT molecular complexity index is 196. The van der Waals surface area contributed by atoms with Crippen LogP contribution in [0.2, 0.25) is 0 Å². The highest BCUT2D eigenvalue weighted by Crippen LogP contribution is 2.46. The Kier molecular flexibility index (Phi) is 2.16. The summed E-state index contributed by atoms with van der Waals surface area (Å²) in [5, 5.41) is 3.61. The molecule has 0 aromatic heterocycles. The molecular formula is C11H22N2. The fourth-order valence-corrected chi connectivity index (χ4v) is 2.91. The van der Waals surface area contributed by atoms with Crippen LogP contribution < -0.4 is 11.1 Å². The van der Waals surface area contributed by atoms with Crippen LogP contribution >= 0.6 is 0 Å². The van der Waals surface area contributed by atoms with Gasteiger partial charge in [0.1, 0.15) is 0 Å². The van der Waals surface area contributed by atoms with Crippen molar-refractivity contribution < 1.29 is 0 Å². The van der Waals surface area contributed by atoms with Gasteiger partial charge in [-0.15, -0.1) is 0 Å². The highest BCUT2D eigenvalue weighted by Gasteiger charge is 2.56. The van der Waals surface area contributed by atoms with E-state index in [0.717, 1.165) is 12.0 Å². The molecule has 1 saturated heterocycles. The van der Waals surface area contributed by atoms with E-state index in [4.69, 9.17) is 5.73 Å². The van der Waals surface area contributed by atoms with Crippen LogP contribution in [0, 0.1) is 11.3 Å². The summed E-state index contributed by atoms with van der Waals surface area (Å²) < 4.78 is 0. The molecular weight excluding hydrogens is 160 g/mol. The maximum Gasteiger partial charge on any atom is 0.0293 e. The van der Waals surface area contributed by atoms with Crippen molar-refractivity contribution in [2.75, 3.05) is 0 Å². The van der Waals surface area contributed by atoms with E-state index < -0.39 is 0 Å². The van der Waals surface area contributed by atoms with Gasteiger partial charge in [-0.25, -0.2) is 0 Å². The zero-order valence-electron chi connectivity index (χ0n) is 9.01. The second kappa shape index (κ2) is 2.96. The second-order valence-electron chi connectivity index (χ2n) is 5.38. The van der Waals surface area contributed by atoms with Crippen molar-refractivity contribution in [2.24, 2.45) is 17.1 Å². The first kappa shape index (κ1) is 9.47. The van der Waals surface area contributed by atoms with E-state index in [1.54, 1.807) is 0 Å². The van der Waals surface area contributed by atoms with Gasteiger partial charge in [-0.2, -0.15) is 0 Å². The summed E-state index contributed by atoms with van der Waals surface area (Å²) in [6.07, 6.45) is 3.86. The number of fused-ring (bicyclic) bond motifs is 1. The van der Waals surface area contributed by atoms with Gasteiger partial charge in [-0.3, -0.25) is 0 Å². The Morgan fingerprint density at radius 1 is 1.46 bits per heavy atom. The van der Waals surface area contributed by atoms with Gasteiger partial charge in [0.25, 0.3) is 0 Å². The van der Waals surface area contributed by atoms with Crippen molar-refractivity contribution >= 4 is 0 Å². The van der Waals surface area contributed by atoms with E-state index in [2.05, 4.69) is 26.1 Å². The van der Waals surface area contributed by atoms with Gasteiger partial charge < -0.3 is 11.1 Å². The second-order valence-corrected chi connectivity index (χ2v) is 5.38. The maximum atomic E-state index is 6.21. The molecule has 4 unspecified atom stereocenters. The predicted molar refractivity (Wildman–Crippen MR) is 55.5 cm³/mol. The molecule has 0 aromatic carbocycles. The molecule has 0 bridgehead atoms. The average molecular weight is 182 g/mol. The molecule has 0 aromatic rings. The standard InChI is InChI=1S/C11H22N2/c1-4-5-7-6-8(12)11(2,3)10-9(7)13-10/h7-10,13H,4-6,12H2,1-3H3. The Labute approximate surface area is 81.3 Å². The van der Waals surface area contributed by atoms with Crippen molar-refractivity contribution in [3.63, 3.8) is 0 Å². The van der Waals surface area contributed by atoms with E-state index in [1.807, 2.05) is 0 Å². The molecule has 76 valence electrons. The first-order chi connectivity index (χ1) is 6.07. The van der Waals surface area contributed by atoms with E-state index in [9.17, 15) is 0 Å². The zero-order chi connectivity index (χ0) is 9.64. The van der Waals surface area contributed by atoms with E-state index >= 15 is 0 Å². The van der Waals surface area contributed by atoms with E-state index in [-0.39, 0.29) is 0 Å². The number of hydrogen-bond acceptors (Lipinski definition) is 2. The summed E-state index contributed by atoms with van der Waals surface area (Å²) in [6.45, 7) is 6.87. The minimum Gasteiger partial charge on any atom is -0.327 e. The Morgan fingerprint density at radius 2 is 2.15 bits per heavy atom. The van der Waals surface area contributed by atoms with Crippen molar-refractivity contribution in [2.45, 2.75) is 58.2 Å². The summed E-state index contributed by atoms with van der Waals surface area (Å²) in [7, 11) is 0. The van der Waals surface area contributed by atoms with E-state index in [1.165, 1.54) is 19.3 Å². The monoisotopic (exact) mass is 182 g/mol. The van der Waals surface area contributed by atoms with Crippen molar-refractivity contribution in [3.05, 3.63) is 0 Å². The predicted octanol–water partition coefficient (Wildman–Crippen LogP) is 1.50. The lowest BCUT2D eigenvalue weighted by Gasteiger charge is -2.38. The molecule has 2 nitrogen and oxygen atoms in total. The van der Waals surface area contributed by atoms with E-state index in [0.29, 0.717) is 17.5 Å². The quantitative estimate of drug-likeness (QED) is 0.636. The zero-order valence-corrected chi connectivity index (χ0v) is 9.01. The molecule has 0 amide bonds. The molecule has 2 aliphatic rings. The molecule has 1 aliphatic heterocycles. The van der Waals surface area contributed by atoms with Gasteiger partial charge in [0.15, 0.2) is 0 Å². The van der Waals surface area contributed by atoms with Crippen LogP contribution in [0.1, 0.15) is 40.0 Å². The van der Waals surface area contributed by atoms with Gasteiger partial charge in [0.05, 0.1) is 0 Å². The molecule has 1 heterocycles. The molecule has 0 spiro atoms. The smallest absolute Gasteiger partial charge is 0.0293 e. The van der Waals surface area contributed by atoms with Crippen molar-refractivity contribution in [1.29, 1.82) is 0 Å². The summed E-state index contributed by atoms with van der Waals surface area (Å²) in [5.74, 6) is 0.845. The fourth-order valence-electron chi connectivity index (χ4n) is 2.91. The third-order valence-corrected chi connectivity index (χ3v) is 4.10. The number of nitrogens with two attached hydrogens (primary N) is 1. The lowest BCUT2D eigenvalue weighted by Crippen LogP contribution is -2.48. The van der Waals surface area contributed by atoms with Crippen LogP contribution in [-0.4, -0.2) is 18.1 Å². The number of hydrogen-bond donors (Lipinski definition) is 2. The summed E-state index contributed by atoms with van der Waals surface area (Å²) >= 11 is 0. The van der Waals surface area contributed by atoms with Gasteiger partial charge in [0, 0.05) is 18.1 Å². The third kappa shape index (κ3) is 1.40. The highest BCUT2D eigenvalue weighted by molar-refractivity contribution is 5.16. The Morgan fingerprint density at radius 3 is 2.77 bits per heavy atom. The Hall–Kier alpha value is -0.0800. The first-order valence-corrected chi connectivity index (χ1v) is 5.59. The molecule has 13 heavy (non-hydrogen) atoms. The summed E-state index contributed by atoms with van der Waals surface area (Å²) in [5.41, 5.74) is 6.52. The van der Waals surface area contributed by atoms with Gasteiger partial charge >= 0.3 is 0 Å². The first-order valence-electron chi connectivity index (χ1n) is 5.59. The van der Waals surface area contributed by atoms with Crippen molar-refractivity contribution in [3.8, 4) is 0 Å². The lowest BCUT2D eigenvalue weighted by molar-refractivity contribution is 0.188. The van der Waals surface area contributed by atoms with Crippen LogP contribution in [0.5, 0.6) is 0 Å². The SMILES string of the molecule is CCCC1CC(N)C(C)(C)C2NC12. The average Bonchev–Trinajstić information content (AvgIpc) is 2.80. The van der Waals surface area contributed by atoms with Crippen molar-refractivity contribution in [1.82, 2.24) is 5.32 Å². The molecule has 4 atom stereocenters. The van der Waals surface area contributed by atoms with Crippen LogP contribution in [0.25, 0.3) is 0 Å². The highest BCUT2D eigenvalue weighted by atomic mass is 15.2. The number of nitrogens with one attached hydrogen (secondary N) is 1. The molecule has 3 N–H and O–H groups in total. The molecule has 1 aliphatic carbocycles. The molecule has 2 heteroatoms. The maximum absolute atomic E-state index is 6.21. The van der Waals surface area contributed by atoms with Crippen LogP contribution in [-0.2, 0) is 0 Å². The van der Waals surface area contributed by atoms with Crippen LogP contribution in [0.4, 0.5) is 0 Å². The molecule has 0 radical (unpaired) electrons. The van der Waals surface area contributed by atoms with Gasteiger partial charge in [-0.1, -0.05) is 27.2 Å². The minimum atomic E-state index is 0.314. The normalized spacial score (nSPS) is 47.1. The summed E-state index contributed by atoms with van der Waals surface area (Å²) in [4.78, 5) is 0.